The molecule has 1 aliphatic heterocycles. The maximum absolute atomic E-state index is 13.6. The SMILES string of the molecule is COC1C=C2C(n3ccc4cc(F)ccc43)=NC(c3cccnc3)=NC2CC1. The summed E-state index contributed by atoms with van der Waals surface area (Å²) in [5.74, 6) is 1.23. The normalized spacial score (nSPS) is 21.7. The average Bonchev–Trinajstić information content (AvgIpc) is 3.16. The van der Waals surface area contributed by atoms with Crippen LogP contribution in [0.4, 0.5) is 4.39 Å². The lowest BCUT2D eigenvalue weighted by atomic mass is 9.90. The van der Waals surface area contributed by atoms with Crippen molar-refractivity contribution >= 4 is 22.6 Å². The maximum Gasteiger partial charge on any atom is 0.159 e. The maximum atomic E-state index is 13.6. The van der Waals surface area contributed by atoms with Crippen LogP contribution in [0.15, 0.2) is 76.6 Å². The summed E-state index contributed by atoms with van der Waals surface area (Å²) in [7, 11) is 1.72. The van der Waals surface area contributed by atoms with Crippen LogP contribution in [0, 0.1) is 5.82 Å². The lowest BCUT2D eigenvalue weighted by molar-refractivity contribution is 0.125. The van der Waals surface area contributed by atoms with Gasteiger partial charge >= 0.3 is 0 Å². The van der Waals surface area contributed by atoms with Crippen LogP contribution >= 0.6 is 0 Å². The third-order valence-electron chi connectivity index (χ3n) is 5.30. The van der Waals surface area contributed by atoms with Crippen molar-refractivity contribution in [3.8, 4) is 0 Å². The molecule has 28 heavy (non-hydrogen) atoms. The van der Waals surface area contributed by atoms with E-state index in [-0.39, 0.29) is 18.0 Å². The Balaban J connectivity index is 1.69. The second-order valence-corrected chi connectivity index (χ2v) is 7.01. The summed E-state index contributed by atoms with van der Waals surface area (Å²) in [5, 5.41) is 0.837. The molecule has 0 fully saturated rings. The Kier molecular flexibility index (Phi) is 4.13. The van der Waals surface area contributed by atoms with Gasteiger partial charge in [0.15, 0.2) is 5.84 Å². The van der Waals surface area contributed by atoms with Crippen LogP contribution in [0.25, 0.3) is 10.9 Å². The molecule has 3 aromatic rings. The van der Waals surface area contributed by atoms with Crippen LogP contribution in [0.2, 0.25) is 0 Å². The van der Waals surface area contributed by atoms with E-state index in [9.17, 15) is 4.39 Å². The lowest BCUT2D eigenvalue weighted by Gasteiger charge is -2.30. The van der Waals surface area contributed by atoms with Crippen molar-refractivity contribution in [2.75, 3.05) is 7.11 Å². The number of nitrogens with zero attached hydrogens (tertiary/aromatic N) is 4. The highest BCUT2D eigenvalue weighted by molar-refractivity contribution is 6.16. The Morgan fingerprint density at radius 1 is 1.18 bits per heavy atom. The molecule has 6 heteroatoms. The second-order valence-electron chi connectivity index (χ2n) is 7.01. The number of rotatable bonds is 2. The fourth-order valence-electron chi connectivity index (χ4n) is 3.88. The molecule has 0 spiro atoms. The van der Waals surface area contributed by atoms with Gasteiger partial charge in [0, 0.05) is 42.2 Å². The Morgan fingerprint density at radius 3 is 2.93 bits per heavy atom. The number of halogens is 1. The van der Waals surface area contributed by atoms with Gasteiger partial charge in [-0.2, -0.15) is 0 Å². The molecule has 140 valence electrons. The molecule has 5 nitrogen and oxygen atoms in total. The number of pyridine rings is 1. The number of benzene rings is 1. The molecule has 0 bridgehead atoms. The van der Waals surface area contributed by atoms with Gasteiger partial charge in [0.1, 0.15) is 11.7 Å². The first kappa shape index (κ1) is 17.0. The first-order chi connectivity index (χ1) is 13.7. The zero-order valence-corrected chi connectivity index (χ0v) is 15.4. The molecule has 0 N–H and O–H groups in total. The highest BCUT2D eigenvalue weighted by Gasteiger charge is 2.31. The molecule has 0 amide bonds. The molecule has 2 aromatic heterocycles. The summed E-state index contributed by atoms with van der Waals surface area (Å²) in [4.78, 5) is 14.0. The van der Waals surface area contributed by atoms with Crippen molar-refractivity contribution in [3.05, 3.63) is 78.0 Å². The van der Waals surface area contributed by atoms with E-state index in [1.807, 2.05) is 29.0 Å². The highest BCUT2D eigenvalue weighted by Crippen LogP contribution is 2.30. The molecule has 0 saturated carbocycles. The van der Waals surface area contributed by atoms with Crippen molar-refractivity contribution in [1.82, 2.24) is 9.55 Å². The number of aliphatic imine (C=N–C) groups is 2. The zero-order valence-electron chi connectivity index (χ0n) is 15.4. The van der Waals surface area contributed by atoms with Gasteiger partial charge in [0.05, 0.1) is 17.7 Å². The van der Waals surface area contributed by atoms with E-state index in [0.29, 0.717) is 5.84 Å². The topological polar surface area (TPSA) is 51.8 Å². The number of hydrogen-bond acceptors (Lipinski definition) is 4. The summed E-state index contributed by atoms with van der Waals surface area (Å²) in [5.41, 5.74) is 2.84. The summed E-state index contributed by atoms with van der Waals surface area (Å²) in [6, 6.07) is 10.6. The number of methoxy groups -OCH3 is 1. The molecule has 2 atom stereocenters. The van der Waals surface area contributed by atoms with E-state index in [2.05, 4.69) is 11.1 Å². The van der Waals surface area contributed by atoms with Gasteiger partial charge in [-0.05, 0) is 55.3 Å². The predicted octanol–water partition coefficient (Wildman–Crippen LogP) is 3.99. The molecule has 0 radical (unpaired) electrons. The summed E-state index contributed by atoms with van der Waals surface area (Å²) in [6.45, 7) is 0. The molecule has 1 aliphatic carbocycles. The monoisotopic (exact) mass is 374 g/mol. The smallest absolute Gasteiger partial charge is 0.159 e. The van der Waals surface area contributed by atoms with Gasteiger partial charge in [0.2, 0.25) is 0 Å². The Labute approximate surface area is 161 Å². The molecule has 1 aromatic carbocycles. The summed E-state index contributed by atoms with van der Waals surface area (Å²) < 4.78 is 21.2. The number of aromatic nitrogens is 2. The molecule has 5 rings (SSSR count). The van der Waals surface area contributed by atoms with E-state index in [4.69, 9.17) is 14.7 Å². The van der Waals surface area contributed by atoms with Gasteiger partial charge in [-0.3, -0.25) is 9.98 Å². The van der Waals surface area contributed by atoms with Crippen LogP contribution in [-0.2, 0) is 4.74 Å². The fourth-order valence-corrected chi connectivity index (χ4v) is 3.88. The van der Waals surface area contributed by atoms with Crippen LogP contribution in [0.5, 0.6) is 0 Å². The molecular weight excluding hydrogens is 355 g/mol. The summed E-state index contributed by atoms with van der Waals surface area (Å²) in [6.07, 6.45) is 9.42. The third kappa shape index (κ3) is 2.86. The Bertz CT molecular complexity index is 1130. The van der Waals surface area contributed by atoms with Crippen molar-refractivity contribution in [3.63, 3.8) is 0 Å². The minimum atomic E-state index is -0.248. The van der Waals surface area contributed by atoms with E-state index < -0.39 is 0 Å². The van der Waals surface area contributed by atoms with Crippen molar-refractivity contribution in [1.29, 1.82) is 0 Å². The van der Waals surface area contributed by atoms with Crippen molar-refractivity contribution < 1.29 is 9.13 Å². The number of ether oxygens (including phenoxy) is 1. The predicted molar refractivity (Wildman–Crippen MR) is 107 cm³/mol. The lowest BCUT2D eigenvalue weighted by Crippen LogP contribution is -2.33. The van der Waals surface area contributed by atoms with Gasteiger partial charge in [0.25, 0.3) is 0 Å². The molecular formula is C22H19FN4O. The number of amidine groups is 1. The zero-order chi connectivity index (χ0) is 19.1. The minimum Gasteiger partial charge on any atom is -0.377 e. The molecule has 2 aliphatic rings. The molecule has 2 unspecified atom stereocenters. The molecule has 0 saturated heterocycles. The Hall–Kier alpha value is -3.12. The van der Waals surface area contributed by atoms with Crippen LogP contribution in [0.3, 0.4) is 0 Å². The second kappa shape index (κ2) is 6.80. The largest absolute Gasteiger partial charge is 0.377 e. The van der Waals surface area contributed by atoms with Gasteiger partial charge < -0.3 is 9.30 Å². The van der Waals surface area contributed by atoms with E-state index in [1.165, 1.54) is 12.1 Å². The standard InChI is InChI=1S/C22H19FN4O/c1-28-17-5-6-19-18(12-17)22(26-21(25-19)15-3-2-9-24-13-15)27-10-8-14-11-16(23)4-7-20(14)27/h2-4,7-13,17,19H,5-6H2,1H3. The first-order valence-electron chi connectivity index (χ1n) is 9.32. The van der Waals surface area contributed by atoms with Gasteiger partial charge in [-0.1, -0.05) is 0 Å². The van der Waals surface area contributed by atoms with E-state index >= 15 is 0 Å². The highest BCUT2D eigenvalue weighted by atomic mass is 19.1. The number of hydrogen-bond donors (Lipinski definition) is 0. The van der Waals surface area contributed by atoms with Crippen LogP contribution in [0.1, 0.15) is 18.4 Å². The van der Waals surface area contributed by atoms with E-state index in [1.54, 1.807) is 25.6 Å². The van der Waals surface area contributed by atoms with Gasteiger partial charge in [-0.25, -0.2) is 9.38 Å². The van der Waals surface area contributed by atoms with Gasteiger partial charge in [-0.15, -0.1) is 0 Å². The number of fused-ring (bicyclic) bond motifs is 2. The van der Waals surface area contributed by atoms with Crippen LogP contribution < -0.4 is 0 Å². The fraction of sp³-hybridized carbons (Fsp3) is 0.227. The molecule has 3 heterocycles. The minimum absolute atomic E-state index is 0.0204. The Morgan fingerprint density at radius 2 is 2.11 bits per heavy atom. The van der Waals surface area contributed by atoms with Crippen molar-refractivity contribution in [2.24, 2.45) is 9.98 Å². The summed E-state index contributed by atoms with van der Waals surface area (Å²) >= 11 is 0. The van der Waals surface area contributed by atoms with Crippen molar-refractivity contribution in [2.45, 2.75) is 25.0 Å². The third-order valence-corrected chi connectivity index (χ3v) is 5.30. The van der Waals surface area contributed by atoms with E-state index in [0.717, 1.165) is 40.7 Å². The first-order valence-corrected chi connectivity index (χ1v) is 9.32. The average molecular weight is 374 g/mol. The van der Waals surface area contributed by atoms with Crippen LogP contribution in [-0.4, -0.2) is 40.5 Å². The quantitative estimate of drug-likeness (QED) is 0.681.